The molecule has 1 aromatic carbocycles. The molecule has 2 rings (SSSR count). The van der Waals surface area contributed by atoms with Gasteiger partial charge in [0.2, 0.25) is 0 Å². The Bertz CT molecular complexity index is 682. The minimum absolute atomic E-state index is 0. The Labute approximate surface area is 204 Å². The zero-order valence-electron chi connectivity index (χ0n) is 19.6. The summed E-state index contributed by atoms with van der Waals surface area (Å²) >= 11 is 0. The van der Waals surface area contributed by atoms with Crippen molar-refractivity contribution in [1.82, 2.24) is 15.5 Å². The Hall–Kier alpha value is -1.39. The number of aliphatic imine (C=N–C) groups is 1. The second-order valence-electron chi connectivity index (χ2n) is 8.24. The lowest BCUT2D eigenvalue weighted by Crippen LogP contribution is -2.45. The standard InChI is InChI=1S/C23H39N5O2.HI/c1-6-24-23(25-12-13-28(17(2)3)18(4)5)26-16-19-9-7-10-20(15-19)27-22(29)21-11-8-14-30-21;/h7,9-10,15,17-18,21H,6,8,11-14,16H2,1-5H3,(H,27,29)(H2,24,25,26);1H. The summed E-state index contributed by atoms with van der Waals surface area (Å²) in [5.41, 5.74) is 1.83. The maximum absolute atomic E-state index is 12.3. The van der Waals surface area contributed by atoms with E-state index < -0.39 is 0 Å². The van der Waals surface area contributed by atoms with Crippen LogP contribution in [0.5, 0.6) is 0 Å². The number of benzene rings is 1. The van der Waals surface area contributed by atoms with Gasteiger partial charge in [-0.1, -0.05) is 12.1 Å². The summed E-state index contributed by atoms with van der Waals surface area (Å²) in [5.74, 6) is 0.738. The van der Waals surface area contributed by atoms with Crippen molar-refractivity contribution in [2.75, 3.05) is 31.6 Å². The third-order valence-corrected chi connectivity index (χ3v) is 5.17. The van der Waals surface area contributed by atoms with E-state index in [1.54, 1.807) is 0 Å². The molecular weight excluding hydrogens is 505 g/mol. The van der Waals surface area contributed by atoms with Crippen LogP contribution in [0.3, 0.4) is 0 Å². The van der Waals surface area contributed by atoms with Crippen LogP contribution in [0.25, 0.3) is 0 Å². The smallest absolute Gasteiger partial charge is 0.253 e. The predicted octanol–water partition coefficient (Wildman–Crippen LogP) is 3.60. The second-order valence-corrected chi connectivity index (χ2v) is 8.24. The van der Waals surface area contributed by atoms with Gasteiger partial charge in [-0.3, -0.25) is 9.69 Å². The molecule has 176 valence electrons. The van der Waals surface area contributed by atoms with Crippen molar-refractivity contribution in [1.29, 1.82) is 0 Å². The highest BCUT2D eigenvalue weighted by atomic mass is 127. The van der Waals surface area contributed by atoms with Crippen LogP contribution in [0, 0.1) is 0 Å². The number of guanidine groups is 1. The summed E-state index contributed by atoms with van der Waals surface area (Å²) in [6, 6.07) is 8.86. The zero-order valence-corrected chi connectivity index (χ0v) is 21.9. The van der Waals surface area contributed by atoms with E-state index in [9.17, 15) is 4.79 Å². The maximum atomic E-state index is 12.3. The summed E-state index contributed by atoms with van der Waals surface area (Å²) in [4.78, 5) is 19.4. The van der Waals surface area contributed by atoms with Crippen LogP contribution in [0.15, 0.2) is 29.3 Å². The van der Waals surface area contributed by atoms with E-state index in [1.165, 1.54) is 0 Å². The maximum Gasteiger partial charge on any atom is 0.253 e. The van der Waals surface area contributed by atoms with Crippen LogP contribution in [-0.4, -0.2) is 61.2 Å². The first kappa shape index (κ1) is 27.6. The molecular formula is C23H40IN5O2. The lowest BCUT2D eigenvalue weighted by atomic mass is 10.2. The van der Waals surface area contributed by atoms with E-state index in [0.717, 1.165) is 49.7 Å². The van der Waals surface area contributed by atoms with Crippen molar-refractivity contribution < 1.29 is 9.53 Å². The first-order valence-corrected chi connectivity index (χ1v) is 11.2. The highest BCUT2D eigenvalue weighted by Crippen LogP contribution is 2.16. The van der Waals surface area contributed by atoms with Gasteiger partial charge in [-0.25, -0.2) is 4.99 Å². The molecule has 3 N–H and O–H groups in total. The molecule has 1 amide bonds. The highest BCUT2D eigenvalue weighted by Gasteiger charge is 2.23. The number of halogens is 1. The Balaban J connectivity index is 0.00000480. The molecule has 1 aliphatic rings. The van der Waals surface area contributed by atoms with Crippen molar-refractivity contribution in [3.63, 3.8) is 0 Å². The molecule has 1 aromatic rings. The van der Waals surface area contributed by atoms with Gasteiger partial charge in [0.1, 0.15) is 6.10 Å². The molecule has 0 spiro atoms. The molecule has 0 bridgehead atoms. The summed E-state index contributed by atoms with van der Waals surface area (Å²) in [7, 11) is 0. The average molecular weight is 546 g/mol. The topological polar surface area (TPSA) is 78.0 Å². The van der Waals surface area contributed by atoms with Gasteiger partial charge in [-0.05, 0) is 65.2 Å². The number of ether oxygens (including phenoxy) is 1. The van der Waals surface area contributed by atoms with E-state index in [1.807, 2.05) is 24.3 Å². The third kappa shape index (κ3) is 9.74. The molecule has 1 aliphatic heterocycles. The molecule has 0 radical (unpaired) electrons. The molecule has 0 aromatic heterocycles. The zero-order chi connectivity index (χ0) is 21.9. The normalized spacial score (nSPS) is 16.5. The van der Waals surface area contributed by atoms with Crippen LogP contribution in [0.4, 0.5) is 5.69 Å². The number of anilines is 1. The minimum atomic E-state index is -0.326. The van der Waals surface area contributed by atoms with Gasteiger partial charge in [0, 0.05) is 44.0 Å². The quantitative estimate of drug-likeness (QED) is 0.238. The molecule has 7 nitrogen and oxygen atoms in total. The van der Waals surface area contributed by atoms with Crippen molar-refractivity contribution in [3.05, 3.63) is 29.8 Å². The van der Waals surface area contributed by atoms with Crippen LogP contribution < -0.4 is 16.0 Å². The number of amides is 1. The van der Waals surface area contributed by atoms with Crippen molar-refractivity contribution in [3.8, 4) is 0 Å². The van der Waals surface area contributed by atoms with Crippen LogP contribution >= 0.6 is 24.0 Å². The monoisotopic (exact) mass is 545 g/mol. The molecule has 1 heterocycles. The lowest BCUT2D eigenvalue weighted by Gasteiger charge is -2.30. The highest BCUT2D eigenvalue weighted by molar-refractivity contribution is 14.0. The predicted molar refractivity (Wildman–Crippen MR) is 139 cm³/mol. The molecule has 1 unspecified atom stereocenters. The van der Waals surface area contributed by atoms with E-state index in [-0.39, 0.29) is 36.0 Å². The summed E-state index contributed by atoms with van der Waals surface area (Å²) < 4.78 is 5.45. The SMILES string of the molecule is CCNC(=NCc1cccc(NC(=O)C2CCCO2)c1)NCCN(C(C)C)C(C)C.I. The second kappa shape index (κ2) is 14.6. The first-order valence-electron chi connectivity index (χ1n) is 11.2. The number of carbonyl (C=O) groups excluding carboxylic acids is 1. The molecule has 1 saturated heterocycles. The van der Waals surface area contributed by atoms with Crippen molar-refractivity contribution in [2.45, 2.75) is 72.2 Å². The summed E-state index contributed by atoms with van der Waals surface area (Å²) in [6.45, 7) is 14.8. The van der Waals surface area contributed by atoms with Crippen molar-refractivity contribution in [2.24, 2.45) is 4.99 Å². The van der Waals surface area contributed by atoms with E-state index in [0.29, 0.717) is 25.2 Å². The van der Waals surface area contributed by atoms with Gasteiger partial charge in [0.05, 0.1) is 6.54 Å². The Morgan fingerprint density at radius 2 is 1.97 bits per heavy atom. The largest absolute Gasteiger partial charge is 0.368 e. The van der Waals surface area contributed by atoms with Crippen molar-refractivity contribution >= 4 is 41.5 Å². The third-order valence-electron chi connectivity index (χ3n) is 5.17. The van der Waals surface area contributed by atoms with Crippen LogP contribution in [0.2, 0.25) is 0 Å². The molecule has 31 heavy (non-hydrogen) atoms. The Kier molecular flexibility index (Phi) is 13.0. The van der Waals surface area contributed by atoms with E-state index >= 15 is 0 Å². The number of rotatable bonds is 10. The fraction of sp³-hybridized carbons (Fsp3) is 0.652. The van der Waals surface area contributed by atoms with Gasteiger partial charge in [0.15, 0.2) is 5.96 Å². The Morgan fingerprint density at radius 3 is 2.58 bits per heavy atom. The van der Waals surface area contributed by atoms with Gasteiger partial charge in [-0.2, -0.15) is 0 Å². The van der Waals surface area contributed by atoms with E-state index in [2.05, 4.69) is 55.5 Å². The lowest BCUT2D eigenvalue weighted by molar-refractivity contribution is -0.124. The number of hydrogen-bond acceptors (Lipinski definition) is 4. The number of nitrogens with one attached hydrogen (secondary N) is 3. The van der Waals surface area contributed by atoms with Gasteiger partial charge in [-0.15, -0.1) is 24.0 Å². The number of hydrogen-bond donors (Lipinski definition) is 3. The first-order chi connectivity index (χ1) is 14.4. The van der Waals surface area contributed by atoms with Crippen LogP contribution in [0.1, 0.15) is 53.0 Å². The number of nitrogens with zero attached hydrogens (tertiary/aromatic N) is 2. The number of carbonyl (C=O) groups is 1. The molecule has 1 atom stereocenters. The summed E-state index contributed by atoms with van der Waals surface area (Å²) in [6.07, 6.45) is 1.41. The van der Waals surface area contributed by atoms with Gasteiger partial charge < -0.3 is 20.7 Å². The van der Waals surface area contributed by atoms with Gasteiger partial charge >= 0.3 is 0 Å². The Morgan fingerprint density at radius 1 is 1.23 bits per heavy atom. The molecule has 8 heteroatoms. The molecule has 0 aliphatic carbocycles. The average Bonchev–Trinajstić information content (AvgIpc) is 3.24. The van der Waals surface area contributed by atoms with E-state index in [4.69, 9.17) is 9.73 Å². The summed E-state index contributed by atoms with van der Waals surface area (Å²) in [5, 5.41) is 9.68. The fourth-order valence-corrected chi connectivity index (χ4v) is 3.68. The fourth-order valence-electron chi connectivity index (χ4n) is 3.68. The van der Waals surface area contributed by atoms with Crippen LogP contribution in [-0.2, 0) is 16.1 Å². The molecule has 0 saturated carbocycles. The van der Waals surface area contributed by atoms with Gasteiger partial charge in [0.25, 0.3) is 5.91 Å². The minimum Gasteiger partial charge on any atom is -0.368 e. The molecule has 1 fully saturated rings.